The monoisotopic (exact) mass is 197 g/mol. The van der Waals surface area contributed by atoms with E-state index < -0.39 is 0 Å². The quantitative estimate of drug-likeness (QED) is 0.721. The summed E-state index contributed by atoms with van der Waals surface area (Å²) < 4.78 is 0. The summed E-state index contributed by atoms with van der Waals surface area (Å²) in [7, 11) is 0. The summed E-state index contributed by atoms with van der Waals surface area (Å²) in [6.07, 6.45) is 9.79. The lowest BCUT2D eigenvalue weighted by Gasteiger charge is -2.21. The van der Waals surface area contributed by atoms with Crippen LogP contribution in [-0.4, -0.2) is 12.5 Å². The van der Waals surface area contributed by atoms with Gasteiger partial charge in [0.1, 0.15) is 0 Å². The first-order chi connectivity index (χ1) is 6.83. The summed E-state index contributed by atoms with van der Waals surface area (Å²) in [5, 5.41) is 2.99. The number of carbonyl (C=O) groups is 1. The molecule has 0 unspecified atom stereocenters. The molecule has 1 saturated carbocycles. The van der Waals surface area contributed by atoms with Crippen LogP contribution in [0.25, 0.3) is 0 Å². The molecule has 2 heteroatoms. The molecule has 0 aliphatic heterocycles. The van der Waals surface area contributed by atoms with E-state index in [2.05, 4.69) is 5.32 Å². The first kappa shape index (κ1) is 11.5. The first-order valence-corrected chi connectivity index (χ1v) is 6.09. The van der Waals surface area contributed by atoms with Crippen molar-refractivity contribution in [2.45, 2.75) is 58.3 Å². The van der Waals surface area contributed by atoms with Crippen LogP contribution in [0.5, 0.6) is 0 Å². The zero-order valence-electron chi connectivity index (χ0n) is 9.35. The third-order valence-electron chi connectivity index (χ3n) is 3.08. The normalized spacial score (nSPS) is 18.1. The van der Waals surface area contributed by atoms with Crippen LogP contribution >= 0.6 is 0 Å². The van der Waals surface area contributed by atoms with E-state index >= 15 is 0 Å². The molecule has 1 N–H and O–H groups in total. The summed E-state index contributed by atoms with van der Waals surface area (Å²) in [6.45, 7) is 2.93. The Morgan fingerprint density at radius 1 is 1.29 bits per heavy atom. The van der Waals surface area contributed by atoms with Gasteiger partial charge in [0.2, 0.25) is 5.91 Å². The van der Waals surface area contributed by atoms with E-state index in [4.69, 9.17) is 0 Å². The lowest BCUT2D eigenvalue weighted by Crippen LogP contribution is -2.25. The van der Waals surface area contributed by atoms with Crippen LogP contribution in [-0.2, 0) is 4.79 Å². The molecule has 0 heterocycles. The highest BCUT2D eigenvalue weighted by Crippen LogP contribution is 2.25. The van der Waals surface area contributed by atoms with Gasteiger partial charge in [0.15, 0.2) is 0 Å². The van der Waals surface area contributed by atoms with Crippen LogP contribution in [0.4, 0.5) is 0 Å². The van der Waals surface area contributed by atoms with Crippen molar-refractivity contribution in [3.8, 4) is 0 Å². The molecule has 1 fully saturated rings. The van der Waals surface area contributed by atoms with E-state index in [1.54, 1.807) is 0 Å². The van der Waals surface area contributed by atoms with Crippen LogP contribution < -0.4 is 5.32 Å². The number of amides is 1. The molecular formula is C12H23NO. The van der Waals surface area contributed by atoms with Gasteiger partial charge < -0.3 is 5.32 Å². The van der Waals surface area contributed by atoms with Crippen LogP contribution in [0.1, 0.15) is 58.3 Å². The Balaban J connectivity index is 1.99. The maximum atomic E-state index is 11.2. The molecule has 1 aliphatic carbocycles. The molecule has 1 rings (SSSR count). The molecule has 1 aliphatic rings. The Morgan fingerprint density at radius 2 is 2.00 bits per heavy atom. The minimum absolute atomic E-state index is 0.225. The summed E-state index contributed by atoms with van der Waals surface area (Å²) in [5.41, 5.74) is 0. The lowest BCUT2D eigenvalue weighted by molar-refractivity contribution is -0.121. The largest absolute Gasteiger partial charge is 0.356 e. The maximum absolute atomic E-state index is 11.2. The number of hydrogen-bond donors (Lipinski definition) is 1. The molecule has 0 atom stereocenters. The predicted octanol–water partition coefficient (Wildman–Crippen LogP) is 2.87. The molecule has 2 nitrogen and oxygen atoms in total. The van der Waals surface area contributed by atoms with E-state index in [0.717, 1.165) is 18.9 Å². The van der Waals surface area contributed by atoms with Gasteiger partial charge in [0, 0.05) is 13.0 Å². The van der Waals surface area contributed by atoms with Crippen LogP contribution in [0, 0.1) is 5.92 Å². The fraction of sp³-hybridized carbons (Fsp3) is 0.917. The molecular weight excluding hydrogens is 174 g/mol. The fourth-order valence-electron chi connectivity index (χ4n) is 2.21. The summed E-state index contributed by atoms with van der Waals surface area (Å²) in [4.78, 5) is 11.2. The van der Waals surface area contributed by atoms with E-state index in [9.17, 15) is 4.79 Å². The Hall–Kier alpha value is -0.530. The SMILES string of the molecule is CCCC(=O)NCCC1CCCCC1. The highest BCUT2D eigenvalue weighted by atomic mass is 16.1. The van der Waals surface area contributed by atoms with Gasteiger partial charge in [-0.2, -0.15) is 0 Å². The average Bonchev–Trinajstić information content (AvgIpc) is 2.20. The van der Waals surface area contributed by atoms with Crippen molar-refractivity contribution < 1.29 is 4.79 Å². The zero-order chi connectivity index (χ0) is 10.2. The average molecular weight is 197 g/mol. The standard InChI is InChI=1S/C12H23NO/c1-2-6-12(14)13-10-9-11-7-4-3-5-8-11/h11H,2-10H2,1H3,(H,13,14). The number of nitrogens with one attached hydrogen (secondary N) is 1. The van der Waals surface area contributed by atoms with Crippen molar-refractivity contribution in [2.75, 3.05) is 6.54 Å². The predicted molar refractivity (Wildman–Crippen MR) is 59.1 cm³/mol. The third-order valence-corrected chi connectivity index (χ3v) is 3.08. The molecule has 0 bridgehead atoms. The Bertz CT molecular complexity index is 162. The molecule has 0 aromatic rings. The Labute approximate surface area is 87.5 Å². The fourth-order valence-corrected chi connectivity index (χ4v) is 2.21. The van der Waals surface area contributed by atoms with Crippen molar-refractivity contribution in [3.63, 3.8) is 0 Å². The van der Waals surface area contributed by atoms with Gasteiger partial charge >= 0.3 is 0 Å². The summed E-state index contributed by atoms with van der Waals surface area (Å²) in [5.74, 6) is 1.11. The molecule has 0 spiro atoms. The lowest BCUT2D eigenvalue weighted by atomic mass is 9.87. The Kier molecular flexibility index (Phi) is 5.65. The minimum Gasteiger partial charge on any atom is -0.356 e. The smallest absolute Gasteiger partial charge is 0.219 e. The van der Waals surface area contributed by atoms with Crippen molar-refractivity contribution in [2.24, 2.45) is 5.92 Å². The molecule has 14 heavy (non-hydrogen) atoms. The molecule has 82 valence electrons. The second kappa shape index (κ2) is 6.86. The van der Waals surface area contributed by atoms with Crippen LogP contribution in [0.3, 0.4) is 0 Å². The number of carbonyl (C=O) groups excluding carboxylic acids is 1. The van der Waals surface area contributed by atoms with Gasteiger partial charge in [0.05, 0.1) is 0 Å². The van der Waals surface area contributed by atoms with Crippen molar-refractivity contribution in [1.82, 2.24) is 5.32 Å². The van der Waals surface area contributed by atoms with E-state index in [1.807, 2.05) is 6.92 Å². The molecule has 0 aromatic carbocycles. The van der Waals surface area contributed by atoms with Gasteiger partial charge in [-0.25, -0.2) is 0 Å². The van der Waals surface area contributed by atoms with Gasteiger partial charge in [-0.3, -0.25) is 4.79 Å². The van der Waals surface area contributed by atoms with Gasteiger partial charge in [-0.05, 0) is 18.8 Å². The zero-order valence-corrected chi connectivity index (χ0v) is 9.35. The highest BCUT2D eigenvalue weighted by Gasteiger charge is 2.12. The van der Waals surface area contributed by atoms with Crippen molar-refractivity contribution in [3.05, 3.63) is 0 Å². The number of rotatable bonds is 5. The van der Waals surface area contributed by atoms with Gasteiger partial charge in [0.25, 0.3) is 0 Å². The molecule has 0 saturated heterocycles. The second-order valence-electron chi connectivity index (χ2n) is 4.39. The first-order valence-electron chi connectivity index (χ1n) is 6.09. The van der Waals surface area contributed by atoms with Crippen molar-refractivity contribution >= 4 is 5.91 Å². The van der Waals surface area contributed by atoms with Gasteiger partial charge in [-0.1, -0.05) is 39.0 Å². The summed E-state index contributed by atoms with van der Waals surface area (Å²) in [6, 6.07) is 0. The topological polar surface area (TPSA) is 29.1 Å². The van der Waals surface area contributed by atoms with Crippen molar-refractivity contribution in [1.29, 1.82) is 0 Å². The highest BCUT2D eigenvalue weighted by molar-refractivity contribution is 5.75. The van der Waals surface area contributed by atoms with E-state index in [-0.39, 0.29) is 5.91 Å². The maximum Gasteiger partial charge on any atom is 0.219 e. The minimum atomic E-state index is 0.225. The molecule has 0 radical (unpaired) electrons. The summed E-state index contributed by atoms with van der Waals surface area (Å²) >= 11 is 0. The van der Waals surface area contributed by atoms with Gasteiger partial charge in [-0.15, -0.1) is 0 Å². The van der Waals surface area contributed by atoms with Crippen LogP contribution in [0.15, 0.2) is 0 Å². The number of hydrogen-bond acceptors (Lipinski definition) is 1. The van der Waals surface area contributed by atoms with Crippen LogP contribution in [0.2, 0.25) is 0 Å². The Morgan fingerprint density at radius 3 is 2.64 bits per heavy atom. The van der Waals surface area contributed by atoms with E-state index in [0.29, 0.717) is 6.42 Å². The third kappa shape index (κ3) is 4.64. The van der Waals surface area contributed by atoms with E-state index in [1.165, 1.54) is 38.5 Å². The molecule has 1 amide bonds. The second-order valence-corrected chi connectivity index (χ2v) is 4.39. The molecule has 0 aromatic heterocycles.